The van der Waals surface area contributed by atoms with Crippen LogP contribution >= 0.6 is 33.2 Å². The molecule has 0 atom stereocenters. The first-order valence-corrected chi connectivity index (χ1v) is 9.37. The van der Waals surface area contributed by atoms with Gasteiger partial charge in [-0.15, -0.1) is 33.2 Å². The average molecular weight is 274 g/mol. The van der Waals surface area contributed by atoms with Crippen molar-refractivity contribution in [2.75, 3.05) is 0 Å². The maximum atomic E-state index is 5.50. The minimum Gasteiger partial charge on any atom is -0.412 e. The molecule has 5 heteroatoms. The highest BCUT2D eigenvalue weighted by Crippen LogP contribution is 2.25. The van der Waals surface area contributed by atoms with Gasteiger partial charge in [0.15, 0.2) is 0 Å². The highest BCUT2D eigenvalue weighted by Gasteiger charge is 2.22. The van der Waals surface area contributed by atoms with Crippen LogP contribution in [0.3, 0.4) is 0 Å². The zero-order chi connectivity index (χ0) is 10.2. The zero-order valence-corrected chi connectivity index (χ0v) is 11.3. The molecule has 0 aliphatic carbocycles. The van der Waals surface area contributed by atoms with Gasteiger partial charge in [-0.25, -0.2) is 0 Å². The zero-order valence-electron chi connectivity index (χ0n) is 8.01. The van der Waals surface area contributed by atoms with Crippen molar-refractivity contribution >= 4 is 39.2 Å². The van der Waals surface area contributed by atoms with E-state index in [0.29, 0.717) is 0 Å². The first-order chi connectivity index (χ1) is 6.06. The fraction of sp³-hybridized carbons (Fsp3) is 0.333. The third kappa shape index (κ3) is 14.8. The lowest BCUT2D eigenvalue weighted by Crippen LogP contribution is -2.06. The Balaban J connectivity index is 0. The quantitative estimate of drug-likeness (QED) is 0.578. The van der Waals surface area contributed by atoms with Crippen LogP contribution in [0, 0.1) is 0 Å². The average Bonchev–Trinajstić information content (AvgIpc) is 2.06. The molecule has 1 rings (SSSR count). The minimum absolute atomic E-state index is 0. The molecule has 0 radical (unpaired) electrons. The highest BCUT2D eigenvalue weighted by molar-refractivity contribution is 7.64. The summed E-state index contributed by atoms with van der Waals surface area (Å²) in [4.78, 5) is 0. The molecule has 0 unspecified atom stereocenters. The minimum atomic E-state index is -2.24. The smallest absolute Gasteiger partial charge is 0.341 e. The Labute approximate surface area is 100 Å². The Kier molecular flexibility index (Phi) is 11.7. The van der Waals surface area contributed by atoms with Gasteiger partial charge in [-0.1, -0.05) is 49.7 Å². The number of halogens is 3. The summed E-state index contributed by atoms with van der Waals surface area (Å²) in [7, 11) is 0. The molecule has 0 spiro atoms. The lowest BCUT2D eigenvalue weighted by Gasteiger charge is -2.01. The second-order valence-electron chi connectivity index (χ2n) is 2.52. The van der Waals surface area contributed by atoms with Gasteiger partial charge in [-0.3, -0.25) is 0 Å². The topological polar surface area (TPSA) is 31.5 Å². The van der Waals surface area contributed by atoms with E-state index in [1.165, 1.54) is 0 Å². The van der Waals surface area contributed by atoms with E-state index in [9.17, 15) is 0 Å². The summed E-state index contributed by atoms with van der Waals surface area (Å²) in [5, 5.41) is 0. The Morgan fingerprint density at radius 3 is 1.21 bits per heavy atom. The molecule has 0 amide bonds. The fourth-order valence-electron chi connectivity index (χ4n) is 0.668. The third-order valence-electron chi connectivity index (χ3n) is 1.20. The number of rotatable bonds is 2. The molecule has 0 saturated heterocycles. The molecule has 0 fully saturated rings. The van der Waals surface area contributed by atoms with Crippen molar-refractivity contribution < 1.29 is 5.48 Å². The summed E-state index contributed by atoms with van der Waals surface area (Å²) in [6.45, 7) is 2.01. The van der Waals surface area contributed by atoms with Crippen molar-refractivity contribution in [3.8, 4) is 0 Å². The van der Waals surface area contributed by atoms with Gasteiger partial charge in [0.05, 0.1) is 0 Å². The van der Waals surface area contributed by atoms with Crippen LogP contribution in [0.15, 0.2) is 36.4 Å². The molecule has 0 heterocycles. The summed E-state index contributed by atoms with van der Waals surface area (Å²) in [5.41, 5.74) is 0. The molecular formula is C9H15Cl3OSi. The molecule has 0 aliphatic rings. The van der Waals surface area contributed by atoms with Gasteiger partial charge >= 0.3 is 6.00 Å². The van der Waals surface area contributed by atoms with Crippen LogP contribution in [0.2, 0.25) is 6.04 Å². The first-order valence-electron chi connectivity index (χ1n) is 4.13. The van der Waals surface area contributed by atoms with Crippen LogP contribution in [0.25, 0.3) is 0 Å². The highest BCUT2D eigenvalue weighted by atomic mass is 35.8. The van der Waals surface area contributed by atoms with E-state index in [-0.39, 0.29) is 5.48 Å². The Hall–Kier alpha value is 0.267. The molecule has 1 aromatic rings. The summed E-state index contributed by atoms with van der Waals surface area (Å²) in [6.07, 6.45) is 0.975. The maximum absolute atomic E-state index is 5.50. The van der Waals surface area contributed by atoms with Crippen molar-refractivity contribution in [2.24, 2.45) is 0 Å². The van der Waals surface area contributed by atoms with Crippen LogP contribution in [0.4, 0.5) is 0 Å². The van der Waals surface area contributed by atoms with E-state index in [0.717, 1.165) is 12.5 Å². The molecule has 0 bridgehead atoms. The maximum Gasteiger partial charge on any atom is 0.341 e. The Morgan fingerprint density at radius 2 is 1.14 bits per heavy atom. The van der Waals surface area contributed by atoms with E-state index in [2.05, 4.69) is 0 Å². The number of hydrogen-bond donors (Lipinski definition) is 0. The summed E-state index contributed by atoms with van der Waals surface area (Å²) >= 11 is 16.5. The molecule has 1 nitrogen and oxygen atoms in total. The monoisotopic (exact) mass is 272 g/mol. The van der Waals surface area contributed by atoms with Gasteiger partial charge in [0.2, 0.25) is 0 Å². The van der Waals surface area contributed by atoms with Crippen molar-refractivity contribution in [2.45, 2.75) is 19.4 Å². The molecule has 82 valence electrons. The predicted octanol–water partition coefficient (Wildman–Crippen LogP) is 3.91. The van der Waals surface area contributed by atoms with Crippen molar-refractivity contribution in [3.63, 3.8) is 0 Å². The van der Waals surface area contributed by atoms with Gasteiger partial charge in [-0.05, 0) is 6.04 Å². The molecule has 0 aliphatic heterocycles. The summed E-state index contributed by atoms with van der Waals surface area (Å²) in [5.74, 6) is 0. The molecule has 1 aromatic carbocycles. The second kappa shape index (κ2) is 9.81. The van der Waals surface area contributed by atoms with Crippen LogP contribution in [0.1, 0.15) is 13.3 Å². The fourth-order valence-corrected chi connectivity index (χ4v) is 2.94. The van der Waals surface area contributed by atoms with Crippen LogP contribution < -0.4 is 0 Å². The third-order valence-corrected chi connectivity index (χ3v) is 3.97. The molecule has 0 aromatic heterocycles. The molecule has 14 heavy (non-hydrogen) atoms. The van der Waals surface area contributed by atoms with Gasteiger partial charge in [0.1, 0.15) is 0 Å². The van der Waals surface area contributed by atoms with Crippen molar-refractivity contribution in [1.29, 1.82) is 0 Å². The first kappa shape index (κ1) is 16.7. The van der Waals surface area contributed by atoms with Crippen LogP contribution in [-0.4, -0.2) is 11.5 Å². The van der Waals surface area contributed by atoms with Gasteiger partial charge in [0.25, 0.3) is 0 Å². The van der Waals surface area contributed by atoms with Gasteiger partial charge in [0, 0.05) is 0 Å². The van der Waals surface area contributed by atoms with E-state index in [1.807, 2.05) is 43.3 Å². The normalized spacial score (nSPS) is 9.43. The Morgan fingerprint density at radius 1 is 0.857 bits per heavy atom. The largest absolute Gasteiger partial charge is 0.412 e. The number of hydrogen-bond acceptors (Lipinski definition) is 0. The SMILES string of the molecule is CCC[Si](Cl)(Cl)Cl.O.c1ccccc1. The van der Waals surface area contributed by atoms with Gasteiger partial charge < -0.3 is 5.48 Å². The van der Waals surface area contributed by atoms with Crippen LogP contribution in [0.5, 0.6) is 0 Å². The number of benzene rings is 1. The van der Waals surface area contributed by atoms with E-state index in [1.54, 1.807) is 0 Å². The van der Waals surface area contributed by atoms with Crippen molar-refractivity contribution in [1.82, 2.24) is 0 Å². The molecular weight excluding hydrogens is 259 g/mol. The lowest BCUT2D eigenvalue weighted by atomic mass is 10.4. The van der Waals surface area contributed by atoms with E-state index in [4.69, 9.17) is 33.2 Å². The standard InChI is InChI=1S/C6H6.C3H7Cl3Si.H2O/c1-2-4-6-5-3-1;1-2-3-7(4,5)6;/h1-6H;2-3H2,1H3;1H2. The van der Waals surface area contributed by atoms with Gasteiger partial charge in [-0.2, -0.15) is 0 Å². The van der Waals surface area contributed by atoms with Crippen molar-refractivity contribution in [3.05, 3.63) is 36.4 Å². The summed E-state index contributed by atoms with van der Waals surface area (Å²) < 4.78 is 0. The predicted molar refractivity (Wildman–Crippen MR) is 68.5 cm³/mol. The Bertz CT molecular complexity index is 174. The van der Waals surface area contributed by atoms with Crippen LogP contribution in [-0.2, 0) is 0 Å². The van der Waals surface area contributed by atoms with E-state index < -0.39 is 6.00 Å². The second-order valence-corrected chi connectivity index (χ2v) is 11.8. The molecule has 2 N–H and O–H groups in total. The molecule has 0 saturated carbocycles. The van der Waals surface area contributed by atoms with E-state index >= 15 is 0 Å². The lowest BCUT2D eigenvalue weighted by molar-refractivity contribution is 0.824. The summed E-state index contributed by atoms with van der Waals surface area (Å²) in [6, 6.07) is 10.5.